The molecule has 0 saturated carbocycles. The first-order valence-electron chi connectivity index (χ1n) is 7.27. The standard InChI is InChI=1S/C16H18N4O2/c1-19(12-6-3-2-4-7-12)14-10-15(18-11-17-14)20-9-5-8-13(20)16(21)22/h2-4,6-7,10-11,13H,5,8-9H2,1H3,(H,21,22)/t13-/m1/s1. The van der Waals surface area contributed by atoms with E-state index in [-0.39, 0.29) is 0 Å². The Morgan fingerprint density at radius 1 is 1.32 bits per heavy atom. The zero-order valence-corrected chi connectivity index (χ0v) is 12.4. The third-order valence-electron chi connectivity index (χ3n) is 3.96. The lowest BCUT2D eigenvalue weighted by atomic mass is 10.2. The number of carboxylic acid groups (broad SMARTS) is 1. The van der Waals surface area contributed by atoms with Gasteiger partial charge in [-0.1, -0.05) is 18.2 Å². The third kappa shape index (κ3) is 2.72. The number of hydrogen-bond donors (Lipinski definition) is 1. The number of nitrogens with zero attached hydrogens (tertiary/aromatic N) is 4. The van der Waals surface area contributed by atoms with Crippen LogP contribution in [0.5, 0.6) is 0 Å². The lowest BCUT2D eigenvalue weighted by molar-refractivity contribution is -0.138. The molecule has 2 heterocycles. The molecule has 22 heavy (non-hydrogen) atoms. The Labute approximate surface area is 129 Å². The molecule has 0 spiro atoms. The maximum absolute atomic E-state index is 11.3. The van der Waals surface area contributed by atoms with Crippen molar-refractivity contribution < 1.29 is 9.90 Å². The Balaban J connectivity index is 1.88. The summed E-state index contributed by atoms with van der Waals surface area (Å²) in [5.41, 5.74) is 1.02. The predicted molar refractivity (Wildman–Crippen MR) is 84.5 cm³/mol. The van der Waals surface area contributed by atoms with Crippen molar-refractivity contribution in [2.75, 3.05) is 23.4 Å². The van der Waals surface area contributed by atoms with Crippen LogP contribution in [0.3, 0.4) is 0 Å². The first kappa shape index (κ1) is 14.3. The molecule has 1 aliphatic heterocycles. The van der Waals surface area contributed by atoms with Gasteiger partial charge >= 0.3 is 5.97 Å². The second kappa shape index (κ2) is 6.01. The molecule has 2 aromatic rings. The summed E-state index contributed by atoms with van der Waals surface area (Å²) in [5, 5.41) is 9.31. The fourth-order valence-electron chi connectivity index (χ4n) is 2.76. The highest BCUT2D eigenvalue weighted by Gasteiger charge is 2.31. The first-order chi connectivity index (χ1) is 10.7. The topological polar surface area (TPSA) is 69.6 Å². The Hall–Kier alpha value is -2.63. The Kier molecular flexibility index (Phi) is 3.91. The minimum atomic E-state index is -0.797. The molecule has 0 unspecified atom stereocenters. The van der Waals surface area contributed by atoms with Crippen molar-refractivity contribution in [3.05, 3.63) is 42.7 Å². The fraction of sp³-hybridized carbons (Fsp3) is 0.312. The molecule has 114 valence electrons. The van der Waals surface area contributed by atoms with Gasteiger partial charge in [0.2, 0.25) is 0 Å². The zero-order valence-electron chi connectivity index (χ0n) is 12.4. The minimum Gasteiger partial charge on any atom is -0.480 e. The highest BCUT2D eigenvalue weighted by atomic mass is 16.4. The molecule has 1 aromatic heterocycles. The summed E-state index contributed by atoms with van der Waals surface area (Å²) in [4.78, 5) is 23.7. The summed E-state index contributed by atoms with van der Waals surface area (Å²) in [6.45, 7) is 0.711. The van der Waals surface area contributed by atoms with Gasteiger partial charge in [-0.2, -0.15) is 0 Å². The maximum Gasteiger partial charge on any atom is 0.326 e. The molecule has 1 aromatic carbocycles. The van der Waals surface area contributed by atoms with E-state index in [9.17, 15) is 9.90 Å². The molecule has 6 heteroatoms. The molecule has 1 fully saturated rings. The zero-order chi connectivity index (χ0) is 15.5. The van der Waals surface area contributed by atoms with Crippen LogP contribution < -0.4 is 9.80 Å². The molecule has 3 rings (SSSR count). The van der Waals surface area contributed by atoms with Crippen LogP contribution in [0.2, 0.25) is 0 Å². The summed E-state index contributed by atoms with van der Waals surface area (Å²) in [6.07, 6.45) is 3.01. The summed E-state index contributed by atoms with van der Waals surface area (Å²) in [5.74, 6) is 0.610. The van der Waals surface area contributed by atoms with E-state index < -0.39 is 12.0 Å². The van der Waals surface area contributed by atoms with Crippen molar-refractivity contribution in [2.24, 2.45) is 0 Å². The number of aliphatic carboxylic acids is 1. The molecule has 0 amide bonds. The van der Waals surface area contributed by atoms with Crippen LogP contribution in [0.15, 0.2) is 42.7 Å². The van der Waals surface area contributed by atoms with Gasteiger partial charge in [0, 0.05) is 25.3 Å². The van der Waals surface area contributed by atoms with Crippen LogP contribution in [-0.2, 0) is 4.79 Å². The Morgan fingerprint density at radius 3 is 2.82 bits per heavy atom. The molecular weight excluding hydrogens is 280 g/mol. The Bertz CT molecular complexity index is 662. The number of carbonyl (C=O) groups is 1. The van der Waals surface area contributed by atoms with Crippen molar-refractivity contribution in [2.45, 2.75) is 18.9 Å². The van der Waals surface area contributed by atoms with Crippen LogP contribution >= 0.6 is 0 Å². The molecule has 0 bridgehead atoms. The average Bonchev–Trinajstić information content (AvgIpc) is 3.05. The molecule has 0 aliphatic carbocycles. The number of carboxylic acids is 1. The van der Waals surface area contributed by atoms with Crippen LogP contribution in [-0.4, -0.2) is 40.7 Å². The molecular formula is C16H18N4O2. The van der Waals surface area contributed by atoms with E-state index in [2.05, 4.69) is 9.97 Å². The molecule has 0 radical (unpaired) electrons. The number of hydrogen-bond acceptors (Lipinski definition) is 5. The van der Waals surface area contributed by atoms with Crippen molar-refractivity contribution in [3.63, 3.8) is 0 Å². The van der Waals surface area contributed by atoms with E-state index in [4.69, 9.17) is 0 Å². The molecule has 6 nitrogen and oxygen atoms in total. The van der Waals surface area contributed by atoms with Crippen LogP contribution in [0, 0.1) is 0 Å². The van der Waals surface area contributed by atoms with E-state index in [1.165, 1.54) is 6.33 Å². The van der Waals surface area contributed by atoms with Gasteiger partial charge in [-0.25, -0.2) is 14.8 Å². The smallest absolute Gasteiger partial charge is 0.326 e. The normalized spacial score (nSPS) is 17.5. The van der Waals surface area contributed by atoms with Gasteiger partial charge in [-0.05, 0) is 25.0 Å². The number of para-hydroxylation sites is 1. The van der Waals surface area contributed by atoms with Gasteiger partial charge < -0.3 is 14.9 Å². The van der Waals surface area contributed by atoms with Crippen molar-refractivity contribution in [1.29, 1.82) is 0 Å². The SMILES string of the molecule is CN(c1ccccc1)c1cc(N2CCC[C@@H]2C(=O)O)ncn1. The third-order valence-corrected chi connectivity index (χ3v) is 3.96. The maximum atomic E-state index is 11.3. The predicted octanol–water partition coefficient (Wildman–Crippen LogP) is 2.30. The van der Waals surface area contributed by atoms with Gasteiger partial charge in [-0.15, -0.1) is 0 Å². The van der Waals surface area contributed by atoms with E-state index in [0.29, 0.717) is 18.8 Å². The Morgan fingerprint density at radius 2 is 2.09 bits per heavy atom. The fourth-order valence-corrected chi connectivity index (χ4v) is 2.76. The van der Waals surface area contributed by atoms with Crippen molar-refractivity contribution >= 4 is 23.3 Å². The molecule has 1 N–H and O–H groups in total. The lowest BCUT2D eigenvalue weighted by Crippen LogP contribution is -2.36. The summed E-state index contributed by atoms with van der Waals surface area (Å²) in [6, 6.07) is 11.2. The van der Waals surface area contributed by atoms with Gasteiger partial charge in [0.1, 0.15) is 24.0 Å². The second-order valence-corrected chi connectivity index (χ2v) is 5.32. The van der Waals surface area contributed by atoms with Gasteiger partial charge in [0.15, 0.2) is 0 Å². The van der Waals surface area contributed by atoms with E-state index in [0.717, 1.165) is 17.9 Å². The number of benzene rings is 1. The first-order valence-corrected chi connectivity index (χ1v) is 7.27. The highest BCUT2D eigenvalue weighted by Crippen LogP contribution is 2.28. The van der Waals surface area contributed by atoms with E-state index >= 15 is 0 Å². The largest absolute Gasteiger partial charge is 0.480 e. The number of aromatic nitrogens is 2. The average molecular weight is 298 g/mol. The van der Waals surface area contributed by atoms with Crippen molar-refractivity contribution in [1.82, 2.24) is 9.97 Å². The van der Waals surface area contributed by atoms with E-state index in [1.807, 2.05) is 53.2 Å². The minimum absolute atomic E-state index is 0.496. The van der Waals surface area contributed by atoms with Gasteiger partial charge in [-0.3, -0.25) is 0 Å². The quantitative estimate of drug-likeness (QED) is 0.934. The van der Waals surface area contributed by atoms with Crippen molar-refractivity contribution in [3.8, 4) is 0 Å². The summed E-state index contributed by atoms with van der Waals surface area (Å²) < 4.78 is 0. The molecule has 1 saturated heterocycles. The number of anilines is 3. The second-order valence-electron chi connectivity index (χ2n) is 5.32. The molecule has 1 atom stereocenters. The van der Waals surface area contributed by atoms with Gasteiger partial charge in [0.05, 0.1) is 0 Å². The highest BCUT2D eigenvalue weighted by molar-refractivity contribution is 5.78. The van der Waals surface area contributed by atoms with Crippen LogP contribution in [0.25, 0.3) is 0 Å². The van der Waals surface area contributed by atoms with E-state index in [1.54, 1.807) is 0 Å². The molecule has 1 aliphatic rings. The summed E-state index contributed by atoms with van der Waals surface area (Å²) in [7, 11) is 1.93. The monoisotopic (exact) mass is 298 g/mol. The lowest BCUT2D eigenvalue weighted by Gasteiger charge is -2.24. The van der Waals surface area contributed by atoms with Crippen LogP contribution in [0.4, 0.5) is 17.3 Å². The summed E-state index contributed by atoms with van der Waals surface area (Å²) >= 11 is 0. The van der Waals surface area contributed by atoms with Crippen LogP contribution in [0.1, 0.15) is 12.8 Å². The number of rotatable bonds is 4. The van der Waals surface area contributed by atoms with Gasteiger partial charge in [0.25, 0.3) is 0 Å².